The highest BCUT2D eigenvalue weighted by molar-refractivity contribution is 5.84. The molecule has 5 heteroatoms. The zero-order chi connectivity index (χ0) is 16.7. The van der Waals surface area contributed by atoms with Gasteiger partial charge in [0, 0.05) is 30.9 Å². The van der Waals surface area contributed by atoms with Gasteiger partial charge in [-0.1, -0.05) is 18.2 Å². The number of rotatable bonds is 6. The van der Waals surface area contributed by atoms with E-state index in [2.05, 4.69) is 27.8 Å². The van der Waals surface area contributed by atoms with E-state index in [1.807, 2.05) is 45.3 Å². The molecule has 0 radical (unpaired) electrons. The van der Waals surface area contributed by atoms with Crippen molar-refractivity contribution in [3.63, 3.8) is 0 Å². The van der Waals surface area contributed by atoms with Crippen LogP contribution in [0.2, 0.25) is 0 Å². The number of carbonyl (C=O) groups excluding carboxylic acids is 1. The van der Waals surface area contributed by atoms with Crippen LogP contribution in [0.25, 0.3) is 10.8 Å². The third kappa shape index (κ3) is 5.87. The molecule has 124 valence electrons. The molecule has 0 saturated carbocycles. The Kier molecular flexibility index (Phi) is 5.93. The Balaban J connectivity index is 1.69. The summed E-state index contributed by atoms with van der Waals surface area (Å²) >= 11 is 0. The molecule has 5 nitrogen and oxygen atoms in total. The Bertz CT molecular complexity index is 645. The lowest BCUT2D eigenvalue weighted by Crippen LogP contribution is -2.33. The van der Waals surface area contributed by atoms with E-state index in [1.54, 1.807) is 0 Å². The van der Waals surface area contributed by atoms with Gasteiger partial charge in [0.1, 0.15) is 5.60 Å². The molecule has 2 aromatic rings. The van der Waals surface area contributed by atoms with Gasteiger partial charge in [-0.05, 0) is 50.8 Å². The molecule has 1 aromatic heterocycles. The molecule has 1 heterocycles. The molecule has 0 aliphatic rings. The summed E-state index contributed by atoms with van der Waals surface area (Å²) in [5, 5.41) is 8.54. The van der Waals surface area contributed by atoms with Gasteiger partial charge in [-0.25, -0.2) is 4.79 Å². The van der Waals surface area contributed by atoms with Gasteiger partial charge in [0.05, 0.1) is 0 Å². The summed E-state index contributed by atoms with van der Waals surface area (Å²) in [6.45, 7) is 7.79. The number of ether oxygens (including phenoxy) is 1. The van der Waals surface area contributed by atoms with Crippen LogP contribution in [-0.4, -0.2) is 29.8 Å². The molecule has 1 aromatic carbocycles. The highest BCUT2D eigenvalue weighted by Gasteiger charge is 2.15. The minimum absolute atomic E-state index is 0.362. The van der Waals surface area contributed by atoms with Crippen LogP contribution in [0.15, 0.2) is 36.7 Å². The summed E-state index contributed by atoms with van der Waals surface area (Å²) in [4.78, 5) is 15.6. The lowest BCUT2D eigenvalue weighted by atomic mass is 10.1. The number of fused-ring (bicyclic) bond motifs is 1. The van der Waals surface area contributed by atoms with Crippen molar-refractivity contribution in [1.29, 1.82) is 0 Å². The van der Waals surface area contributed by atoms with Crippen LogP contribution in [0.4, 0.5) is 4.79 Å². The first kappa shape index (κ1) is 17.2. The Morgan fingerprint density at radius 2 is 2.04 bits per heavy atom. The molecule has 0 unspecified atom stereocenters. The third-order valence-electron chi connectivity index (χ3n) is 3.29. The van der Waals surface area contributed by atoms with Crippen LogP contribution in [0, 0.1) is 0 Å². The van der Waals surface area contributed by atoms with Crippen molar-refractivity contribution >= 4 is 16.9 Å². The summed E-state index contributed by atoms with van der Waals surface area (Å²) in [7, 11) is 0. The van der Waals surface area contributed by atoms with Gasteiger partial charge in [-0.3, -0.25) is 4.98 Å². The predicted octanol–water partition coefficient (Wildman–Crippen LogP) is 3.24. The van der Waals surface area contributed by atoms with Gasteiger partial charge < -0.3 is 15.4 Å². The Morgan fingerprint density at radius 1 is 1.22 bits per heavy atom. The number of pyridine rings is 1. The molecule has 1 amide bonds. The first-order chi connectivity index (χ1) is 11.0. The smallest absolute Gasteiger partial charge is 0.407 e. The number of alkyl carbamates (subject to hydrolysis) is 1. The molecule has 0 aliphatic carbocycles. The van der Waals surface area contributed by atoms with E-state index in [0.717, 1.165) is 24.9 Å². The maximum absolute atomic E-state index is 11.5. The van der Waals surface area contributed by atoms with E-state index in [0.29, 0.717) is 6.54 Å². The maximum Gasteiger partial charge on any atom is 0.407 e. The van der Waals surface area contributed by atoms with Crippen molar-refractivity contribution < 1.29 is 9.53 Å². The molecular weight excluding hydrogens is 290 g/mol. The molecule has 0 aliphatic heterocycles. The second-order valence-electron chi connectivity index (χ2n) is 6.47. The maximum atomic E-state index is 11.5. The van der Waals surface area contributed by atoms with E-state index in [-0.39, 0.29) is 6.09 Å². The number of hydrogen-bond donors (Lipinski definition) is 2. The van der Waals surface area contributed by atoms with E-state index < -0.39 is 5.60 Å². The topological polar surface area (TPSA) is 63.2 Å². The monoisotopic (exact) mass is 315 g/mol. The molecule has 0 atom stereocenters. The fourth-order valence-electron chi connectivity index (χ4n) is 2.28. The second kappa shape index (κ2) is 7.92. The molecule has 2 N–H and O–H groups in total. The summed E-state index contributed by atoms with van der Waals surface area (Å²) < 4.78 is 5.19. The quantitative estimate of drug-likeness (QED) is 0.803. The normalized spacial score (nSPS) is 11.4. The van der Waals surface area contributed by atoms with Crippen LogP contribution < -0.4 is 10.6 Å². The standard InChI is InChI=1S/C18H25N3O2/c1-18(2,3)23-17(22)21-10-5-9-19-12-14-6-4-7-15-13-20-11-8-16(14)15/h4,6-8,11,13,19H,5,9-10,12H2,1-3H3,(H,21,22). The molecule has 2 rings (SSSR count). The van der Waals surface area contributed by atoms with E-state index in [9.17, 15) is 4.79 Å². The Labute approximate surface area is 137 Å². The highest BCUT2D eigenvalue weighted by atomic mass is 16.6. The van der Waals surface area contributed by atoms with Crippen molar-refractivity contribution in [1.82, 2.24) is 15.6 Å². The number of hydrogen-bond acceptors (Lipinski definition) is 4. The molecule has 0 fully saturated rings. The lowest BCUT2D eigenvalue weighted by Gasteiger charge is -2.19. The third-order valence-corrected chi connectivity index (χ3v) is 3.29. The average molecular weight is 315 g/mol. The number of carbonyl (C=O) groups is 1. The SMILES string of the molecule is CC(C)(C)OC(=O)NCCCNCc1cccc2cnccc12. The van der Waals surface area contributed by atoms with E-state index in [4.69, 9.17) is 4.74 Å². The summed E-state index contributed by atoms with van der Waals surface area (Å²) in [5.41, 5.74) is 0.802. The van der Waals surface area contributed by atoms with Gasteiger partial charge in [0.25, 0.3) is 0 Å². The second-order valence-corrected chi connectivity index (χ2v) is 6.47. The number of amides is 1. The Morgan fingerprint density at radius 3 is 2.83 bits per heavy atom. The van der Waals surface area contributed by atoms with Crippen LogP contribution in [0.5, 0.6) is 0 Å². The van der Waals surface area contributed by atoms with Gasteiger partial charge in [-0.15, -0.1) is 0 Å². The number of nitrogens with zero attached hydrogens (tertiary/aromatic N) is 1. The zero-order valence-corrected chi connectivity index (χ0v) is 14.1. The number of nitrogens with one attached hydrogen (secondary N) is 2. The molecule has 0 bridgehead atoms. The lowest BCUT2D eigenvalue weighted by molar-refractivity contribution is 0.0527. The van der Waals surface area contributed by atoms with Crippen molar-refractivity contribution in [2.45, 2.75) is 39.3 Å². The van der Waals surface area contributed by atoms with Crippen molar-refractivity contribution in [2.75, 3.05) is 13.1 Å². The van der Waals surface area contributed by atoms with Crippen LogP contribution in [-0.2, 0) is 11.3 Å². The van der Waals surface area contributed by atoms with Gasteiger partial charge >= 0.3 is 6.09 Å². The minimum atomic E-state index is -0.453. The molecule has 0 spiro atoms. The van der Waals surface area contributed by atoms with Crippen molar-refractivity contribution in [3.05, 3.63) is 42.2 Å². The van der Waals surface area contributed by atoms with Gasteiger partial charge in [0.2, 0.25) is 0 Å². The van der Waals surface area contributed by atoms with Crippen molar-refractivity contribution in [3.8, 4) is 0 Å². The summed E-state index contributed by atoms with van der Waals surface area (Å²) in [6.07, 6.45) is 4.19. The fraction of sp³-hybridized carbons (Fsp3) is 0.444. The first-order valence-corrected chi connectivity index (χ1v) is 7.95. The Hall–Kier alpha value is -2.14. The molecule has 0 saturated heterocycles. The molecule has 23 heavy (non-hydrogen) atoms. The van der Waals surface area contributed by atoms with Gasteiger partial charge in [0.15, 0.2) is 0 Å². The largest absolute Gasteiger partial charge is 0.444 e. The highest BCUT2D eigenvalue weighted by Crippen LogP contribution is 2.17. The first-order valence-electron chi connectivity index (χ1n) is 7.95. The number of aromatic nitrogens is 1. The summed E-state index contributed by atoms with van der Waals surface area (Å²) in [6, 6.07) is 8.27. The fourth-order valence-corrected chi connectivity index (χ4v) is 2.28. The molecular formula is C18H25N3O2. The summed E-state index contributed by atoms with van der Waals surface area (Å²) in [5.74, 6) is 0. The predicted molar refractivity (Wildman–Crippen MR) is 92.3 cm³/mol. The van der Waals surface area contributed by atoms with Gasteiger partial charge in [-0.2, -0.15) is 0 Å². The van der Waals surface area contributed by atoms with Crippen LogP contribution >= 0.6 is 0 Å². The van der Waals surface area contributed by atoms with Crippen LogP contribution in [0.3, 0.4) is 0 Å². The van der Waals surface area contributed by atoms with Crippen molar-refractivity contribution in [2.24, 2.45) is 0 Å². The van der Waals surface area contributed by atoms with E-state index in [1.165, 1.54) is 10.9 Å². The van der Waals surface area contributed by atoms with E-state index >= 15 is 0 Å². The average Bonchev–Trinajstić information content (AvgIpc) is 2.49. The minimum Gasteiger partial charge on any atom is -0.444 e. The number of benzene rings is 1. The van der Waals surface area contributed by atoms with Crippen LogP contribution in [0.1, 0.15) is 32.8 Å². The zero-order valence-electron chi connectivity index (χ0n) is 14.1.